The average molecular weight is 292 g/mol. The normalized spacial score (nSPS) is 23.4. The van der Waals surface area contributed by atoms with Gasteiger partial charge in [0.2, 0.25) is 0 Å². The number of H-pyrrole nitrogens is 1. The van der Waals surface area contributed by atoms with Crippen molar-refractivity contribution >= 4 is 15.9 Å². The molecule has 3 nitrogen and oxygen atoms in total. The predicted octanol–water partition coefficient (Wildman–Crippen LogP) is 2.58. The van der Waals surface area contributed by atoms with Crippen LogP contribution in [0.3, 0.4) is 0 Å². The zero-order chi connectivity index (χ0) is 11.9. The summed E-state index contributed by atoms with van der Waals surface area (Å²) in [7, 11) is 0. The number of nitrogens with one attached hydrogen (secondary N) is 2. The molecule has 0 amide bonds. The largest absolute Gasteiger partial charge is 0.348 e. The molecule has 0 bridgehead atoms. The van der Waals surface area contributed by atoms with E-state index in [1.807, 2.05) is 6.07 Å². The summed E-state index contributed by atoms with van der Waals surface area (Å²) in [6, 6.07) is 8.40. The molecule has 1 aromatic carbocycles. The molecular weight excluding hydrogens is 278 g/mol. The highest BCUT2D eigenvalue weighted by Gasteiger charge is 2.35. The Kier molecular flexibility index (Phi) is 2.56. The standard InChI is InChI=1S/C13H14BrN3/c1-13(9-3-2-4-10(14)7-9)12-11(5-6-17-13)15-8-16-12/h2-4,7-8,17H,5-6H2,1H3,(H,15,16). The van der Waals surface area contributed by atoms with Gasteiger partial charge in [0.25, 0.3) is 0 Å². The van der Waals surface area contributed by atoms with E-state index in [1.54, 1.807) is 6.33 Å². The predicted molar refractivity (Wildman–Crippen MR) is 70.9 cm³/mol. The summed E-state index contributed by atoms with van der Waals surface area (Å²) >= 11 is 3.53. The molecule has 0 aliphatic carbocycles. The molecule has 0 saturated carbocycles. The van der Waals surface area contributed by atoms with Gasteiger partial charge >= 0.3 is 0 Å². The molecule has 4 heteroatoms. The van der Waals surface area contributed by atoms with E-state index in [0.29, 0.717) is 0 Å². The Hall–Kier alpha value is -1.13. The van der Waals surface area contributed by atoms with Crippen LogP contribution >= 0.6 is 15.9 Å². The van der Waals surface area contributed by atoms with Gasteiger partial charge in [-0.3, -0.25) is 0 Å². The van der Waals surface area contributed by atoms with E-state index in [2.05, 4.69) is 56.3 Å². The van der Waals surface area contributed by atoms with E-state index < -0.39 is 0 Å². The molecule has 1 aromatic heterocycles. The second-order valence-electron chi connectivity index (χ2n) is 4.54. The van der Waals surface area contributed by atoms with Gasteiger partial charge in [0.1, 0.15) is 0 Å². The highest BCUT2D eigenvalue weighted by Crippen LogP contribution is 2.33. The molecule has 17 heavy (non-hydrogen) atoms. The summed E-state index contributed by atoms with van der Waals surface area (Å²) in [6.45, 7) is 3.16. The van der Waals surface area contributed by atoms with Crippen molar-refractivity contribution in [2.45, 2.75) is 18.9 Å². The fraction of sp³-hybridized carbons (Fsp3) is 0.308. The maximum Gasteiger partial charge on any atom is 0.0926 e. The second kappa shape index (κ2) is 3.96. The summed E-state index contributed by atoms with van der Waals surface area (Å²) in [5.74, 6) is 0. The number of benzene rings is 1. The van der Waals surface area contributed by atoms with Crippen LogP contribution in [0.25, 0.3) is 0 Å². The Bertz CT molecular complexity index is 549. The zero-order valence-electron chi connectivity index (χ0n) is 9.63. The molecule has 1 atom stereocenters. The Labute approximate surface area is 109 Å². The van der Waals surface area contributed by atoms with E-state index >= 15 is 0 Å². The minimum atomic E-state index is -0.197. The number of nitrogens with zero attached hydrogens (tertiary/aromatic N) is 1. The van der Waals surface area contributed by atoms with Crippen molar-refractivity contribution in [1.29, 1.82) is 0 Å². The quantitative estimate of drug-likeness (QED) is 0.848. The van der Waals surface area contributed by atoms with Crippen LogP contribution in [0.15, 0.2) is 35.1 Å². The average Bonchev–Trinajstić information content (AvgIpc) is 2.79. The summed E-state index contributed by atoms with van der Waals surface area (Å²) in [5, 5.41) is 3.58. The fourth-order valence-electron chi connectivity index (χ4n) is 2.50. The minimum absolute atomic E-state index is 0.197. The van der Waals surface area contributed by atoms with E-state index in [4.69, 9.17) is 0 Å². The monoisotopic (exact) mass is 291 g/mol. The van der Waals surface area contributed by atoms with E-state index in [-0.39, 0.29) is 5.54 Å². The Balaban J connectivity index is 2.15. The molecule has 0 radical (unpaired) electrons. The molecule has 1 aliphatic heterocycles. The number of halogens is 1. The van der Waals surface area contributed by atoms with Crippen LogP contribution in [0.1, 0.15) is 23.9 Å². The number of hydrogen-bond acceptors (Lipinski definition) is 2. The molecule has 2 aromatic rings. The minimum Gasteiger partial charge on any atom is -0.348 e. The Morgan fingerprint density at radius 1 is 1.41 bits per heavy atom. The molecule has 1 unspecified atom stereocenters. The van der Waals surface area contributed by atoms with Crippen molar-refractivity contribution in [3.8, 4) is 0 Å². The third kappa shape index (κ3) is 1.72. The number of hydrogen-bond donors (Lipinski definition) is 2. The summed E-state index contributed by atoms with van der Waals surface area (Å²) in [6.07, 6.45) is 2.80. The highest BCUT2D eigenvalue weighted by molar-refractivity contribution is 9.10. The van der Waals surface area contributed by atoms with Crippen LogP contribution in [-0.4, -0.2) is 16.5 Å². The summed E-state index contributed by atoms with van der Waals surface area (Å²) in [4.78, 5) is 7.72. The lowest BCUT2D eigenvalue weighted by Crippen LogP contribution is -2.46. The van der Waals surface area contributed by atoms with Crippen molar-refractivity contribution in [2.75, 3.05) is 6.54 Å². The Morgan fingerprint density at radius 2 is 2.29 bits per heavy atom. The molecule has 0 fully saturated rings. The van der Waals surface area contributed by atoms with Crippen molar-refractivity contribution in [3.05, 3.63) is 52.0 Å². The lowest BCUT2D eigenvalue weighted by atomic mass is 9.84. The first kappa shape index (κ1) is 11.0. The number of fused-ring (bicyclic) bond motifs is 1. The topological polar surface area (TPSA) is 40.7 Å². The van der Waals surface area contributed by atoms with Crippen LogP contribution in [0.4, 0.5) is 0 Å². The SMILES string of the molecule is CC1(c2cccc(Br)c2)NCCc2[nH]cnc21. The third-order valence-electron chi connectivity index (χ3n) is 3.45. The van der Waals surface area contributed by atoms with E-state index in [0.717, 1.165) is 23.1 Å². The summed E-state index contributed by atoms with van der Waals surface area (Å²) in [5.41, 5.74) is 3.39. The first-order valence-corrected chi connectivity index (χ1v) is 6.53. The number of aromatic nitrogens is 2. The van der Waals surface area contributed by atoms with Gasteiger partial charge in [-0.25, -0.2) is 4.98 Å². The molecule has 2 heterocycles. The summed E-state index contributed by atoms with van der Waals surface area (Å²) < 4.78 is 1.10. The number of rotatable bonds is 1. The van der Waals surface area contributed by atoms with Crippen LogP contribution in [0, 0.1) is 0 Å². The van der Waals surface area contributed by atoms with Crippen LogP contribution in [0.5, 0.6) is 0 Å². The van der Waals surface area contributed by atoms with Gasteiger partial charge in [0.15, 0.2) is 0 Å². The molecule has 0 spiro atoms. The number of aromatic amines is 1. The van der Waals surface area contributed by atoms with Crippen LogP contribution in [0.2, 0.25) is 0 Å². The highest BCUT2D eigenvalue weighted by atomic mass is 79.9. The van der Waals surface area contributed by atoms with E-state index in [9.17, 15) is 0 Å². The van der Waals surface area contributed by atoms with Crippen LogP contribution < -0.4 is 5.32 Å². The van der Waals surface area contributed by atoms with Crippen molar-refractivity contribution in [1.82, 2.24) is 15.3 Å². The maximum atomic E-state index is 4.48. The molecule has 1 aliphatic rings. The smallest absolute Gasteiger partial charge is 0.0926 e. The molecule has 88 valence electrons. The van der Waals surface area contributed by atoms with Crippen molar-refractivity contribution in [2.24, 2.45) is 0 Å². The fourth-order valence-corrected chi connectivity index (χ4v) is 2.90. The molecule has 3 rings (SSSR count). The van der Waals surface area contributed by atoms with E-state index in [1.165, 1.54) is 11.3 Å². The van der Waals surface area contributed by atoms with Crippen molar-refractivity contribution in [3.63, 3.8) is 0 Å². The van der Waals surface area contributed by atoms with Crippen molar-refractivity contribution < 1.29 is 0 Å². The zero-order valence-corrected chi connectivity index (χ0v) is 11.2. The lowest BCUT2D eigenvalue weighted by molar-refractivity contribution is 0.403. The van der Waals surface area contributed by atoms with Gasteiger partial charge in [-0.05, 0) is 24.6 Å². The van der Waals surface area contributed by atoms with Gasteiger partial charge in [0.05, 0.1) is 17.6 Å². The molecule has 2 N–H and O–H groups in total. The lowest BCUT2D eigenvalue weighted by Gasteiger charge is -2.34. The third-order valence-corrected chi connectivity index (χ3v) is 3.94. The first-order valence-electron chi connectivity index (χ1n) is 5.74. The molecular formula is C13H14BrN3. The second-order valence-corrected chi connectivity index (χ2v) is 5.46. The maximum absolute atomic E-state index is 4.48. The van der Waals surface area contributed by atoms with Gasteiger partial charge in [-0.1, -0.05) is 28.1 Å². The molecule has 0 saturated heterocycles. The van der Waals surface area contributed by atoms with Gasteiger partial charge in [-0.15, -0.1) is 0 Å². The van der Waals surface area contributed by atoms with Gasteiger partial charge in [-0.2, -0.15) is 0 Å². The first-order chi connectivity index (χ1) is 8.20. The van der Waals surface area contributed by atoms with Gasteiger partial charge in [0, 0.05) is 23.1 Å². The van der Waals surface area contributed by atoms with Crippen LogP contribution in [-0.2, 0) is 12.0 Å². The number of imidazole rings is 1. The van der Waals surface area contributed by atoms with Gasteiger partial charge < -0.3 is 10.3 Å². The Morgan fingerprint density at radius 3 is 3.12 bits per heavy atom.